The third-order valence-corrected chi connectivity index (χ3v) is 26.7. The molecular weight excluding hydrogens is 1270 g/mol. The van der Waals surface area contributed by atoms with Gasteiger partial charge in [0, 0.05) is 19.3 Å². The van der Waals surface area contributed by atoms with Gasteiger partial charge < -0.3 is 39.6 Å². The van der Waals surface area contributed by atoms with Gasteiger partial charge >= 0.3 is 0 Å². The highest BCUT2D eigenvalue weighted by Gasteiger charge is 2.52. The van der Waals surface area contributed by atoms with Gasteiger partial charge in [0.15, 0.2) is 6.29 Å². The third kappa shape index (κ3) is 44.7. The van der Waals surface area contributed by atoms with Crippen molar-refractivity contribution in [3.05, 3.63) is 85.0 Å². The minimum absolute atomic E-state index is 0.0982. The van der Waals surface area contributed by atoms with Crippen molar-refractivity contribution in [3.8, 4) is 0 Å². The molecule has 2 aromatic rings. The molecule has 1 aliphatic rings. The lowest BCUT2D eigenvalue weighted by atomic mass is 9.99. The summed E-state index contributed by atoms with van der Waals surface area (Å²) in [6.07, 6.45) is 72.9. The smallest absolute Gasteiger partial charge is 0.261 e. The maximum absolute atomic E-state index is 14.3. The van der Waals surface area contributed by atoms with E-state index in [2.05, 4.69) is 113 Å². The van der Waals surface area contributed by atoms with Gasteiger partial charge in [0.05, 0.1) is 25.4 Å². The third-order valence-electron chi connectivity index (χ3n) is 21.6. The Morgan fingerprint density at radius 1 is 0.436 bits per heavy atom. The second-order valence-electron chi connectivity index (χ2n) is 31.8. The zero-order valence-corrected chi connectivity index (χ0v) is 67.2. The van der Waals surface area contributed by atoms with E-state index in [4.69, 9.17) is 13.9 Å². The van der Waals surface area contributed by atoms with E-state index in [-0.39, 0.29) is 17.6 Å². The number of Topliss-reactive ketones (excluding diaryl/α,β-unsaturated/α-hetero) is 1. The molecule has 10 nitrogen and oxygen atoms in total. The number of benzene rings is 2. The average molecular weight is 1430 g/mol. The predicted octanol–water partition coefficient (Wildman–Crippen LogP) is 23.2. The summed E-state index contributed by atoms with van der Waals surface area (Å²) < 4.78 is 20.0. The molecule has 0 aliphatic carbocycles. The Kier molecular flexibility index (Phi) is 57.6. The summed E-state index contributed by atoms with van der Waals surface area (Å²) in [5.74, 6) is 0.402. The molecule has 0 aromatic heterocycles. The van der Waals surface area contributed by atoms with E-state index in [9.17, 15) is 30.0 Å². The highest BCUT2D eigenvalue weighted by molar-refractivity contribution is 6.99. The SMILES string of the molecule is CCCCCCCC/C=C\CCCCCCCC(=O)CCCCCCCCCCCCCCCCCCCCCCCCCCCCCC(=O)N[C@@H](CO[C@@H]1O[C@H](CO)[C@@H](O)[C@H](O)[C@H]1O)[C@@H](/C=C/CCCCCCCCCCCCCCC)O[Si](c1ccccc1)(c1ccccc1)C(C)(C)C. The first kappa shape index (κ1) is 92.2. The second-order valence-corrected chi connectivity index (χ2v) is 36.1. The molecule has 1 heterocycles. The van der Waals surface area contributed by atoms with Gasteiger partial charge in [-0.05, 0) is 73.2 Å². The van der Waals surface area contributed by atoms with Crippen molar-refractivity contribution in [2.24, 2.45) is 0 Å². The van der Waals surface area contributed by atoms with Crippen molar-refractivity contribution in [1.29, 1.82) is 0 Å². The van der Waals surface area contributed by atoms with Gasteiger partial charge in [0.1, 0.15) is 30.2 Å². The zero-order valence-electron chi connectivity index (χ0n) is 66.2. The molecule has 1 amide bonds. The van der Waals surface area contributed by atoms with Crippen LogP contribution in [0.2, 0.25) is 5.04 Å². The number of unbranched alkanes of at least 4 members (excludes halogenated alkanes) is 50. The standard InChI is InChI=1S/C90H159NO9Si/c1-6-8-10-12-14-16-18-20-35-39-43-47-51-55-61-69-79(93)70-62-56-52-48-44-40-37-33-31-29-27-25-23-22-24-26-28-30-32-34-38-42-46-50-54-58-68-76-85(94)91-82(78-98-89-88(97)87(96)86(95)84(77-92)99-89)83(75-67-57-53-49-45-41-36-21-19-17-15-13-11-9-7-2)100-101(90(3,4)5,80-71-63-59-64-72-80)81-73-65-60-66-74-81/h20,35,59-60,63-67,71-75,82-84,86-89,92,95-97H,6-19,21-34,36-58,61-62,68-70,76-78H2,1-5H3,(H,91,94)/b35-20-,75-67+/t82-,83+,84+,86+,87-,88+,89+/m0/s1. The van der Waals surface area contributed by atoms with Gasteiger partial charge in [-0.2, -0.15) is 0 Å². The number of rotatable bonds is 70. The van der Waals surface area contributed by atoms with Crippen LogP contribution in [0.3, 0.4) is 0 Å². The molecule has 3 rings (SSSR count). The number of hydrogen-bond donors (Lipinski definition) is 5. The summed E-state index contributed by atoms with van der Waals surface area (Å²) in [6.45, 7) is 10.6. The Balaban J connectivity index is 1.30. The van der Waals surface area contributed by atoms with E-state index in [1.165, 1.54) is 295 Å². The lowest BCUT2D eigenvalue weighted by Crippen LogP contribution is -2.69. The maximum atomic E-state index is 14.3. The first-order valence-electron chi connectivity index (χ1n) is 43.2. The quantitative estimate of drug-likeness (QED) is 0.0247. The van der Waals surface area contributed by atoms with Crippen LogP contribution in [0.25, 0.3) is 0 Å². The number of carbonyl (C=O) groups excluding carboxylic acids is 2. The molecule has 0 unspecified atom stereocenters. The number of ketones is 1. The summed E-state index contributed by atoms with van der Waals surface area (Å²) in [7, 11) is -3.19. The second kappa shape index (κ2) is 63.1. The van der Waals surface area contributed by atoms with Crippen LogP contribution in [0.15, 0.2) is 85.0 Å². The Morgan fingerprint density at radius 2 is 0.752 bits per heavy atom. The van der Waals surface area contributed by atoms with Crippen LogP contribution < -0.4 is 15.7 Å². The first-order chi connectivity index (χ1) is 49.4. The average Bonchev–Trinajstić information content (AvgIpc) is 0.744. The van der Waals surface area contributed by atoms with E-state index in [0.29, 0.717) is 12.2 Å². The molecule has 0 saturated carbocycles. The number of amides is 1. The molecule has 1 fully saturated rings. The van der Waals surface area contributed by atoms with Crippen LogP contribution in [0.5, 0.6) is 0 Å². The van der Waals surface area contributed by atoms with Gasteiger partial charge in [-0.1, -0.05) is 409 Å². The topological polar surface area (TPSA) is 155 Å². The number of carbonyl (C=O) groups is 2. The van der Waals surface area contributed by atoms with Crippen molar-refractivity contribution in [2.45, 2.75) is 448 Å². The molecule has 0 bridgehead atoms. The summed E-state index contributed by atoms with van der Waals surface area (Å²) in [5.41, 5.74) is 0. The number of allylic oxidation sites excluding steroid dienone is 3. The number of nitrogens with one attached hydrogen (secondary N) is 1. The molecule has 0 radical (unpaired) electrons. The van der Waals surface area contributed by atoms with Crippen molar-refractivity contribution < 1.29 is 43.9 Å². The molecule has 7 atom stereocenters. The normalized spacial score (nSPS) is 17.4. The summed E-state index contributed by atoms with van der Waals surface area (Å²) in [5, 5.41) is 47.8. The van der Waals surface area contributed by atoms with Gasteiger partial charge in [0.2, 0.25) is 5.91 Å². The summed E-state index contributed by atoms with van der Waals surface area (Å²) in [4.78, 5) is 26.6. The van der Waals surface area contributed by atoms with Crippen LogP contribution >= 0.6 is 0 Å². The Bertz CT molecular complexity index is 2200. The van der Waals surface area contributed by atoms with Crippen LogP contribution in [-0.4, -0.2) is 96.5 Å². The molecule has 0 spiro atoms. The molecule has 101 heavy (non-hydrogen) atoms. The lowest BCUT2D eigenvalue weighted by molar-refractivity contribution is -0.302. The fourth-order valence-corrected chi connectivity index (χ4v) is 19.8. The van der Waals surface area contributed by atoms with E-state index in [1.807, 2.05) is 12.1 Å². The van der Waals surface area contributed by atoms with Crippen LogP contribution in [0.4, 0.5) is 0 Å². The van der Waals surface area contributed by atoms with E-state index in [0.717, 1.165) is 74.6 Å². The highest BCUT2D eigenvalue weighted by Crippen LogP contribution is 2.38. The van der Waals surface area contributed by atoms with Gasteiger partial charge in [-0.15, -0.1) is 0 Å². The summed E-state index contributed by atoms with van der Waals surface area (Å²) in [6, 6.07) is 20.3. The number of hydrogen-bond acceptors (Lipinski definition) is 9. The fraction of sp³-hybridized carbons (Fsp3) is 0.800. The predicted molar refractivity (Wildman–Crippen MR) is 432 cm³/mol. The van der Waals surface area contributed by atoms with E-state index >= 15 is 0 Å². The minimum atomic E-state index is -3.19. The van der Waals surface area contributed by atoms with Crippen LogP contribution in [-0.2, 0) is 23.5 Å². The largest absolute Gasteiger partial charge is 0.399 e. The van der Waals surface area contributed by atoms with Crippen molar-refractivity contribution in [3.63, 3.8) is 0 Å². The minimum Gasteiger partial charge on any atom is -0.399 e. The molecule has 2 aromatic carbocycles. The van der Waals surface area contributed by atoms with Gasteiger partial charge in [-0.3, -0.25) is 9.59 Å². The van der Waals surface area contributed by atoms with E-state index < -0.39 is 57.8 Å². The number of ether oxygens (including phenoxy) is 2. The molecule has 1 aliphatic heterocycles. The van der Waals surface area contributed by atoms with Gasteiger partial charge in [0.25, 0.3) is 8.32 Å². The van der Waals surface area contributed by atoms with Gasteiger partial charge in [-0.25, -0.2) is 0 Å². The van der Waals surface area contributed by atoms with E-state index in [1.54, 1.807) is 0 Å². The number of aliphatic hydroxyl groups excluding tert-OH is 4. The fourth-order valence-electron chi connectivity index (χ4n) is 15.1. The first-order valence-corrected chi connectivity index (χ1v) is 45.1. The molecule has 582 valence electrons. The lowest BCUT2D eigenvalue weighted by Gasteiger charge is -2.46. The Labute approximate surface area is 622 Å². The highest BCUT2D eigenvalue weighted by atomic mass is 28.4. The Hall–Kier alpha value is -3.00. The molecule has 1 saturated heterocycles. The zero-order chi connectivity index (χ0) is 72.8. The maximum Gasteiger partial charge on any atom is 0.261 e. The Morgan fingerprint density at radius 3 is 1.09 bits per heavy atom. The number of aliphatic hydroxyl groups is 4. The molecule has 5 N–H and O–H groups in total. The van der Waals surface area contributed by atoms with Crippen molar-refractivity contribution in [1.82, 2.24) is 5.32 Å². The summed E-state index contributed by atoms with van der Waals surface area (Å²) >= 11 is 0. The van der Waals surface area contributed by atoms with Crippen molar-refractivity contribution >= 4 is 30.4 Å². The van der Waals surface area contributed by atoms with Crippen LogP contribution in [0, 0.1) is 0 Å². The molecule has 11 heteroatoms. The van der Waals surface area contributed by atoms with Crippen molar-refractivity contribution in [2.75, 3.05) is 13.2 Å². The monoisotopic (exact) mass is 1430 g/mol. The molecular formula is C90H159NO9Si. The van der Waals surface area contributed by atoms with Crippen LogP contribution in [0.1, 0.15) is 401 Å².